The number of ether oxygens (including phenoxy) is 2. The summed E-state index contributed by atoms with van der Waals surface area (Å²) in [6.07, 6.45) is -2.14. The van der Waals surface area contributed by atoms with Crippen molar-refractivity contribution in [1.29, 1.82) is 0 Å². The molecule has 2 aromatic carbocycles. The molecular weight excluding hydrogens is 463 g/mol. The highest BCUT2D eigenvalue weighted by molar-refractivity contribution is 5.92. The number of rotatable bonds is 5. The van der Waals surface area contributed by atoms with Crippen LogP contribution in [0.4, 0.5) is 29.5 Å². The van der Waals surface area contributed by atoms with Crippen LogP contribution < -0.4 is 15.8 Å². The van der Waals surface area contributed by atoms with Crippen LogP contribution in [0.2, 0.25) is 0 Å². The molecule has 0 saturated heterocycles. The maximum absolute atomic E-state index is 13.2. The Morgan fingerprint density at radius 2 is 1.91 bits per heavy atom. The molecule has 1 aliphatic rings. The summed E-state index contributed by atoms with van der Waals surface area (Å²) in [5, 5.41) is 2.33. The summed E-state index contributed by atoms with van der Waals surface area (Å²) in [6, 6.07) is 13.0. The highest BCUT2D eigenvalue weighted by atomic mass is 19.4. The van der Waals surface area contributed by atoms with Crippen LogP contribution in [0.15, 0.2) is 54.9 Å². The van der Waals surface area contributed by atoms with E-state index in [9.17, 15) is 18.0 Å². The summed E-state index contributed by atoms with van der Waals surface area (Å²) in [7, 11) is 0. The normalized spacial score (nSPS) is 13.0. The SMILES string of the molecule is Nc1ncnc2c3c(n(-c4ccc(NC(=O)OCc5ccccc5)c(OC(F)(F)F)c4)c12)CCC3. The van der Waals surface area contributed by atoms with Crippen LogP contribution in [0.3, 0.4) is 0 Å². The third-order valence-corrected chi connectivity index (χ3v) is 5.72. The maximum atomic E-state index is 13.2. The first-order valence-corrected chi connectivity index (χ1v) is 10.8. The number of aromatic nitrogens is 3. The molecule has 0 unspecified atom stereocenters. The first-order chi connectivity index (χ1) is 16.8. The van der Waals surface area contributed by atoms with Crippen LogP contribution in [0.1, 0.15) is 23.2 Å². The van der Waals surface area contributed by atoms with Gasteiger partial charge in [-0.2, -0.15) is 0 Å². The molecule has 0 radical (unpaired) electrons. The van der Waals surface area contributed by atoms with Gasteiger partial charge in [0.25, 0.3) is 0 Å². The first kappa shape index (κ1) is 22.5. The van der Waals surface area contributed by atoms with Gasteiger partial charge >= 0.3 is 12.5 Å². The van der Waals surface area contributed by atoms with E-state index in [4.69, 9.17) is 10.5 Å². The molecule has 0 saturated carbocycles. The number of carbonyl (C=O) groups excluding carboxylic acids is 1. The monoisotopic (exact) mass is 483 g/mol. The highest BCUT2D eigenvalue weighted by Crippen LogP contribution is 2.39. The number of alkyl halides is 3. The number of anilines is 2. The summed E-state index contributed by atoms with van der Waals surface area (Å²) in [5.41, 5.74) is 10.1. The smallest absolute Gasteiger partial charge is 0.444 e. The highest BCUT2D eigenvalue weighted by Gasteiger charge is 2.33. The van der Waals surface area contributed by atoms with E-state index in [1.54, 1.807) is 34.9 Å². The van der Waals surface area contributed by atoms with Crippen molar-refractivity contribution in [3.8, 4) is 11.4 Å². The quantitative estimate of drug-likeness (QED) is 0.407. The van der Waals surface area contributed by atoms with Gasteiger partial charge in [-0.1, -0.05) is 30.3 Å². The molecule has 0 atom stereocenters. The number of nitrogens with zero attached hydrogens (tertiary/aromatic N) is 3. The van der Waals surface area contributed by atoms with Crippen LogP contribution in [0.25, 0.3) is 16.7 Å². The molecule has 3 N–H and O–H groups in total. The zero-order chi connectivity index (χ0) is 24.6. The molecule has 8 nitrogen and oxygen atoms in total. The minimum absolute atomic E-state index is 0.0407. The van der Waals surface area contributed by atoms with Crippen LogP contribution in [-0.2, 0) is 24.2 Å². The number of halogens is 3. The number of benzene rings is 2. The molecule has 5 rings (SSSR count). The van der Waals surface area contributed by atoms with Crippen molar-refractivity contribution < 1.29 is 27.4 Å². The van der Waals surface area contributed by atoms with Crippen molar-refractivity contribution in [2.45, 2.75) is 32.2 Å². The third-order valence-electron chi connectivity index (χ3n) is 5.72. The minimum Gasteiger partial charge on any atom is -0.444 e. The van der Waals surface area contributed by atoms with Crippen molar-refractivity contribution in [2.24, 2.45) is 0 Å². The number of fused-ring (bicyclic) bond motifs is 3. The summed E-state index contributed by atoms with van der Waals surface area (Å²) in [6.45, 7) is -0.0407. The van der Waals surface area contributed by atoms with Gasteiger partial charge < -0.3 is 19.8 Å². The molecule has 1 aliphatic carbocycles. The Balaban J connectivity index is 1.50. The maximum Gasteiger partial charge on any atom is 0.573 e. The molecule has 2 heterocycles. The average molecular weight is 483 g/mol. The molecule has 0 aliphatic heterocycles. The van der Waals surface area contributed by atoms with Crippen molar-refractivity contribution in [1.82, 2.24) is 14.5 Å². The Hall–Kier alpha value is -4.28. The number of nitrogen functional groups attached to an aromatic ring is 1. The van der Waals surface area contributed by atoms with E-state index >= 15 is 0 Å². The summed E-state index contributed by atoms with van der Waals surface area (Å²) in [5.74, 6) is -0.370. The average Bonchev–Trinajstić information content (AvgIpc) is 3.41. The van der Waals surface area contributed by atoms with Gasteiger partial charge in [-0.3, -0.25) is 5.32 Å². The molecule has 1 amide bonds. The van der Waals surface area contributed by atoms with Crippen molar-refractivity contribution >= 4 is 28.6 Å². The lowest BCUT2D eigenvalue weighted by Crippen LogP contribution is -2.20. The molecular formula is C24H20F3N5O3. The second-order valence-electron chi connectivity index (χ2n) is 7.99. The molecule has 0 bridgehead atoms. The standard InChI is InChI=1S/C24H20F3N5O3/c25-24(26,27)35-19-11-15(9-10-17(19)31-23(33)34-12-14-5-2-1-3-6-14)32-18-8-4-7-16(18)20-21(32)22(28)30-13-29-20/h1-3,5-6,9-11,13H,4,7-8,12H2,(H,31,33)(H2,28,29,30). The van der Waals surface area contributed by atoms with Gasteiger partial charge in [0.2, 0.25) is 0 Å². The number of hydrogen-bond donors (Lipinski definition) is 2. The molecule has 180 valence electrons. The zero-order valence-electron chi connectivity index (χ0n) is 18.3. The summed E-state index contributed by atoms with van der Waals surface area (Å²) >= 11 is 0. The largest absolute Gasteiger partial charge is 0.573 e. The van der Waals surface area contributed by atoms with Crippen LogP contribution in [-0.4, -0.2) is 27.0 Å². The fourth-order valence-electron chi connectivity index (χ4n) is 4.31. The minimum atomic E-state index is -4.98. The Morgan fingerprint density at radius 3 is 2.69 bits per heavy atom. The van der Waals surface area contributed by atoms with Gasteiger partial charge in [0.1, 0.15) is 18.5 Å². The molecule has 2 aromatic heterocycles. The van der Waals surface area contributed by atoms with E-state index in [0.29, 0.717) is 23.1 Å². The molecule has 4 aromatic rings. The predicted octanol–water partition coefficient (Wildman–Crippen LogP) is 5.14. The van der Waals surface area contributed by atoms with E-state index in [1.807, 2.05) is 6.07 Å². The zero-order valence-corrected chi connectivity index (χ0v) is 18.3. The summed E-state index contributed by atoms with van der Waals surface area (Å²) in [4.78, 5) is 20.7. The Labute approximate surface area is 197 Å². The number of nitrogens with one attached hydrogen (secondary N) is 1. The molecule has 0 spiro atoms. The number of carbonyl (C=O) groups is 1. The number of aryl methyl sites for hydroxylation is 1. The molecule has 0 fully saturated rings. The Kier molecular flexibility index (Phi) is 5.67. The van der Waals surface area contributed by atoms with Gasteiger partial charge in [-0.25, -0.2) is 14.8 Å². The van der Waals surface area contributed by atoms with Crippen LogP contribution in [0.5, 0.6) is 5.75 Å². The van der Waals surface area contributed by atoms with Gasteiger partial charge in [-0.15, -0.1) is 13.2 Å². The second-order valence-corrected chi connectivity index (χ2v) is 7.99. The van der Waals surface area contributed by atoms with Crippen LogP contribution >= 0.6 is 0 Å². The fourth-order valence-corrected chi connectivity index (χ4v) is 4.31. The van der Waals surface area contributed by atoms with Crippen LogP contribution in [0, 0.1) is 0 Å². The van der Waals surface area contributed by atoms with E-state index < -0.39 is 18.2 Å². The van der Waals surface area contributed by atoms with E-state index in [1.165, 1.54) is 18.5 Å². The number of hydrogen-bond acceptors (Lipinski definition) is 6. The van der Waals surface area contributed by atoms with Gasteiger partial charge in [0, 0.05) is 17.4 Å². The predicted molar refractivity (Wildman–Crippen MR) is 122 cm³/mol. The lowest BCUT2D eigenvalue weighted by molar-refractivity contribution is -0.274. The number of nitrogens with two attached hydrogens (primary N) is 1. The molecule has 11 heteroatoms. The van der Waals surface area contributed by atoms with E-state index in [2.05, 4.69) is 20.0 Å². The topological polar surface area (TPSA) is 104 Å². The lowest BCUT2D eigenvalue weighted by atomic mass is 10.2. The van der Waals surface area contributed by atoms with Gasteiger partial charge in [0.15, 0.2) is 11.6 Å². The Morgan fingerprint density at radius 1 is 1.11 bits per heavy atom. The Bertz CT molecular complexity index is 1400. The van der Waals surface area contributed by atoms with E-state index in [-0.39, 0.29) is 18.1 Å². The van der Waals surface area contributed by atoms with Crippen molar-refractivity contribution in [3.63, 3.8) is 0 Å². The molecule has 35 heavy (non-hydrogen) atoms. The van der Waals surface area contributed by atoms with E-state index in [0.717, 1.165) is 29.7 Å². The van der Waals surface area contributed by atoms with Crippen molar-refractivity contribution in [3.05, 3.63) is 71.7 Å². The third kappa shape index (κ3) is 4.57. The fraction of sp³-hybridized carbons (Fsp3) is 0.208. The summed E-state index contributed by atoms with van der Waals surface area (Å²) < 4.78 is 50.8. The second kappa shape index (κ2) is 8.82. The van der Waals surface area contributed by atoms with Gasteiger partial charge in [0.05, 0.1) is 11.2 Å². The lowest BCUT2D eigenvalue weighted by Gasteiger charge is -2.17. The first-order valence-electron chi connectivity index (χ1n) is 10.8. The van der Waals surface area contributed by atoms with Crippen molar-refractivity contribution in [2.75, 3.05) is 11.1 Å². The number of amides is 1. The van der Waals surface area contributed by atoms with Gasteiger partial charge in [-0.05, 0) is 42.5 Å².